The summed E-state index contributed by atoms with van der Waals surface area (Å²) in [5.41, 5.74) is 6.67. The van der Waals surface area contributed by atoms with Crippen LogP contribution in [0.4, 0.5) is 4.39 Å². The molecule has 1 aromatic carbocycles. The van der Waals surface area contributed by atoms with Gasteiger partial charge in [-0.05, 0) is 30.7 Å². The van der Waals surface area contributed by atoms with Crippen molar-refractivity contribution in [3.63, 3.8) is 0 Å². The van der Waals surface area contributed by atoms with Gasteiger partial charge in [0.2, 0.25) is 0 Å². The minimum absolute atomic E-state index is 0.241. The minimum atomic E-state index is -0.592. The SMILES string of the molecule is Cc1c(Br)ccc(-c2cc(C(N)=O)n(C)n2)c1F. The van der Waals surface area contributed by atoms with E-state index in [1.165, 1.54) is 10.7 Å². The molecule has 6 heteroatoms. The van der Waals surface area contributed by atoms with Crippen molar-refractivity contribution in [1.29, 1.82) is 0 Å². The summed E-state index contributed by atoms with van der Waals surface area (Å²) in [5.74, 6) is -0.955. The summed E-state index contributed by atoms with van der Waals surface area (Å²) in [4.78, 5) is 11.1. The molecule has 1 aromatic heterocycles. The highest BCUT2D eigenvalue weighted by Crippen LogP contribution is 2.28. The molecule has 4 nitrogen and oxygen atoms in total. The van der Waals surface area contributed by atoms with E-state index in [1.54, 1.807) is 26.1 Å². The van der Waals surface area contributed by atoms with Crippen molar-refractivity contribution in [3.05, 3.63) is 39.7 Å². The van der Waals surface area contributed by atoms with Crippen LogP contribution in [-0.2, 0) is 7.05 Å². The monoisotopic (exact) mass is 311 g/mol. The zero-order valence-corrected chi connectivity index (χ0v) is 11.5. The van der Waals surface area contributed by atoms with Gasteiger partial charge in [0.05, 0.1) is 5.69 Å². The fourth-order valence-corrected chi connectivity index (χ4v) is 2.00. The Hall–Kier alpha value is -1.69. The van der Waals surface area contributed by atoms with Crippen LogP contribution in [0.25, 0.3) is 11.3 Å². The van der Waals surface area contributed by atoms with Gasteiger partial charge in [0, 0.05) is 17.1 Å². The molecule has 1 heterocycles. The molecule has 0 atom stereocenters. The van der Waals surface area contributed by atoms with Crippen LogP contribution in [0.3, 0.4) is 0 Å². The molecule has 2 rings (SSSR count). The van der Waals surface area contributed by atoms with Gasteiger partial charge in [0.1, 0.15) is 11.5 Å². The summed E-state index contributed by atoms with van der Waals surface area (Å²) in [7, 11) is 1.59. The van der Waals surface area contributed by atoms with Crippen molar-refractivity contribution in [3.8, 4) is 11.3 Å². The molecular formula is C12H11BrFN3O. The lowest BCUT2D eigenvalue weighted by molar-refractivity contribution is 0.0991. The first kappa shape index (κ1) is 12.8. The number of nitrogens with zero attached hydrogens (tertiary/aromatic N) is 2. The summed E-state index contributed by atoms with van der Waals surface area (Å²) in [5, 5.41) is 4.09. The molecule has 0 saturated heterocycles. The van der Waals surface area contributed by atoms with Crippen LogP contribution in [-0.4, -0.2) is 15.7 Å². The number of aryl methyl sites for hydroxylation is 1. The van der Waals surface area contributed by atoms with Crippen molar-refractivity contribution in [1.82, 2.24) is 9.78 Å². The van der Waals surface area contributed by atoms with Crippen molar-refractivity contribution in [2.45, 2.75) is 6.92 Å². The molecule has 18 heavy (non-hydrogen) atoms. The van der Waals surface area contributed by atoms with E-state index >= 15 is 0 Å². The maximum atomic E-state index is 14.1. The molecule has 0 saturated carbocycles. The van der Waals surface area contributed by atoms with E-state index in [9.17, 15) is 9.18 Å². The van der Waals surface area contributed by atoms with Crippen LogP contribution in [0.15, 0.2) is 22.7 Å². The molecule has 0 unspecified atom stereocenters. The second-order valence-electron chi connectivity index (χ2n) is 3.94. The number of primary amides is 1. The Morgan fingerprint density at radius 2 is 2.17 bits per heavy atom. The van der Waals surface area contributed by atoms with E-state index in [4.69, 9.17) is 5.73 Å². The van der Waals surface area contributed by atoms with Crippen LogP contribution < -0.4 is 5.73 Å². The van der Waals surface area contributed by atoms with Gasteiger partial charge in [0.25, 0.3) is 5.91 Å². The van der Waals surface area contributed by atoms with Gasteiger partial charge < -0.3 is 5.73 Å². The molecule has 0 radical (unpaired) electrons. The summed E-state index contributed by atoms with van der Waals surface area (Å²) in [6, 6.07) is 4.83. The minimum Gasteiger partial charge on any atom is -0.364 e. The van der Waals surface area contributed by atoms with Crippen LogP contribution >= 0.6 is 15.9 Å². The molecule has 0 aliphatic carbocycles. The molecule has 1 amide bonds. The van der Waals surface area contributed by atoms with Gasteiger partial charge in [-0.1, -0.05) is 15.9 Å². The third-order valence-corrected chi connectivity index (χ3v) is 3.59. The van der Waals surface area contributed by atoms with E-state index in [0.29, 0.717) is 21.3 Å². The predicted molar refractivity (Wildman–Crippen MR) is 69.6 cm³/mol. The third kappa shape index (κ3) is 2.03. The van der Waals surface area contributed by atoms with Crippen molar-refractivity contribution >= 4 is 21.8 Å². The molecule has 0 spiro atoms. The molecule has 2 N–H and O–H groups in total. The van der Waals surface area contributed by atoms with Gasteiger partial charge in [-0.3, -0.25) is 9.48 Å². The van der Waals surface area contributed by atoms with E-state index < -0.39 is 5.91 Å². The standard InChI is InChI=1S/C12H11BrFN3O/c1-6-8(13)4-3-7(11(6)14)9-5-10(12(15)18)17(2)16-9/h3-5H,1-2H3,(H2,15,18). The highest BCUT2D eigenvalue weighted by molar-refractivity contribution is 9.10. The van der Waals surface area contributed by atoms with E-state index in [2.05, 4.69) is 21.0 Å². The van der Waals surface area contributed by atoms with Crippen LogP contribution in [0, 0.1) is 12.7 Å². The number of rotatable bonds is 2. The van der Waals surface area contributed by atoms with Gasteiger partial charge in [-0.15, -0.1) is 0 Å². The van der Waals surface area contributed by atoms with E-state index in [0.717, 1.165) is 0 Å². The zero-order valence-electron chi connectivity index (χ0n) is 9.87. The van der Waals surface area contributed by atoms with Crippen LogP contribution in [0.1, 0.15) is 16.1 Å². The molecule has 0 fully saturated rings. The first-order valence-electron chi connectivity index (χ1n) is 5.20. The highest BCUT2D eigenvalue weighted by atomic mass is 79.9. The number of benzene rings is 1. The molecule has 0 bridgehead atoms. The number of carbonyl (C=O) groups is 1. The van der Waals surface area contributed by atoms with Crippen LogP contribution in [0.2, 0.25) is 0 Å². The maximum Gasteiger partial charge on any atom is 0.266 e. The number of hydrogen-bond acceptors (Lipinski definition) is 2. The van der Waals surface area contributed by atoms with Gasteiger partial charge >= 0.3 is 0 Å². The fraction of sp³-hybridized carbons (Fsp3) is 0.167. The fourth-order valence-electron chi connectivity index (χ4n) is 1.69. The third-order valence-electron chi connectivity index (χ3n) is 2.73. The van der Waals surface area contributed by atoms with Gasteiger partial charge in [-0.2, -0.15) is 5.10 Å². The topological polar surface area (TPSA) is 60.9 Å². The average molecular weight is 312 g/mol. The zero-order chi connectivity index (χ0) is 13.4. The van der Waals surface area contributed by atoms with Gasteiger partial charge in [0.15, 0.2) is 0 Å². The number of nitrogens with two attached hydrogens (primary N) is 1. The summed E-state index contributed by atoms with van der Waals surface area (Å²) < 4.78 is 16.1. The van der Waals surface area contributed by atoms with Crippen molar-refractivity contribution < 1.29 is 9.18 Å². The van der Waals surface area contributed by atoms with Crippen LogP contribution in [0.5, 0.6) is 0 Å². The normalized spacial score (nSPS) is 10.7. The Bertz CT molecular complexity index is 636. The second-order valence-corrected chi connectivity index (χ2v) is 4.79. The molecule has 2 aromatic rings. The molecule has 0 aliphatic rings. The Kier molecular flexibility index (Phi) is 3.21. The molecular weight excluding hydrogens is 301 g/mol. The maximum absolute atomic E-state index is 14.1. The lowest BCUT2D eigenvalue weighted by Crippen LogP contribution is -2.15. The Balaban J connectivity index is 2.60. The number of amides is 1. The largest absolute Gasteiger partial charge is 0.364 e. The highest BCUT2D eigenvalue weighted by Gasteiger charge is 2.16. The summed E-state index contributed by atoms with van der Waals surface area (Å²) >= 11 is 3.26. The Labute approximate surface area is 112 Å². The Morgan fingerprint density at radius 1 is 1.50 bits per heavy atom. The molecule has 0 aliphatic heterocycles. The summed E-state index contributed by atoms with van der Waals surface area (Å²) in [6.45, 7) is 1.67. The Morgan fingerprint density at radius 3 is 2.72 bits per heavy atom. The second kappa shape index (κ2) is 4.53. The summed E-state index contributed by atoms with van der Waals surface area (Å²) in [6.07, 6.45) is 0. The lowest BCUT2D eigenvalue weighted by atomic mass is 10.1. The lowest BCUT2D eigenvalue weighted by Gasteiger charge is -2.04. The van der Waals surface area contributed by atoms with E-state index in [1.807, 2.05) is 0 Å². The van der Waals surface area contributed by atoms with E-state index in [-0.39, 0.29) is 11.5 Å². The first-order valence-corrected chi connectivity index (χ1v) is 6.00. The quantitative estimate of drug-likeness (QED) is 0.925. The van der Waals surface area contributed by atoms with Crippen molar-refractivity contribution in [2.75, 3.05) is 0 Å². The number of hydrogen-bond donors (Lipinski definition) is 1. The first-order chi connectivity index (χ1) is 8.41. The molecule has 94 valence electrons. The average Bonchev–Trinajstić information content (AvgIpc) is 2.68. The van der Waals surface area contributed by atoms with Gasteiger partial charge in [-0.25, -0.2) is 4.39 Å². The predicted octanol–water partition coefficient (Wildman–Crippen LogP) is 2.40. The number of halogens is 2. The smallest absolute Gasteiger partial charge is 0.266 e. The number of carbonyl (C=O) groups excluding carboxylic acids is 1. The van der Waals surface area contributed by atoms with Crippen molar-refractivity contribution in [2.24, 2.45) is 12.8 Å². The number of aromatic nitrogens is 2.